The number of primary amides is 1. The number of hydrogen-bond acceptors (Lipinski definition) is 3. The van der Waals surface area contributed by atoms with Crippen LogP contribution in [-0.2, 0) is 4.79 Å². The molecule has 58 valence electrons. The number of carbonyl (C=O) groups is 1. The number of nitrogens with one attached hydrogen (secondary N) is 1. The fraction of sp³-hybridized carbons (Fsp3) is 0.667. The summed E-state index contributed by atoms with van der Waals surface area (Å²) in [5.74, 6) is 0.557. The van der Waals surface area contributed by atoms with Crippen LogP contribution in [0.4, 0.5) is 0 Å². The summed E-state index contributed by atoms with van der Waals surface area (Å²) in [6.07, 6.45) is 1.20. The second-order valence-corrected chi connectivity index (χ2v) is 3.28. The highest BCUT2D eigenvalue weighted by molar-refractivity contribution is 8.13. The lowest BCUT2D eigenvalue weighted by Gasteiger charge is -1.95. The molecule has 0 spiro atoms. The van der Waals surface area contributed by atoms with E-state index in [1.54, 1.807) is 6.92 Å². The molecule has 0 aliphatic carbocycles. The lowest BCUT2D eigenvalue weighted by molar-refractivity contribution is -0.118. The summed E-state index contributed by atoms with van der Waals surface area (Å²) < 4.78 is 0. The number of rotatable bonds is 4. The van der Waals surface area contributed by atoms with Gasteiger partial charge in [-0.1, -0.05) is 0 Å². The lowest BCUT2D eigenvalue weighted by Crippen LogP contribution is -2.10. The molecule has 0 unspecified atom stereocenters. The molecule has 0 saturated carbocycles. The second-order valence-electron chi connectivity index (χ2n) is 1.97. The SMILES string of the molecule is CC(=N)SCCCC(N)=O. The van der Waals surface area contributed by atoms with Crippen LogP contribution >= 0.6 is 11.8 Å². The molecule has 1 amide bonds. The molecule has 0 radical (unpaired) electrons. The van der Waals surface area contributed by atoms with Crippen LogP contribution < -0.4 is 5.73 Å². The van der Waals surface area contributed by atoms with Gasteiger partial charge in [0.15, 0.2) is 0 Å². The zero-order valence-corrected chi connectivity index (χ0v) is 6.83. The molecule has 0 rings (SSSR count). The molecule has 0 heterocycles. The molecule has 0 fully saturated rings. The molecule has 10 heavy (non-hydrogen) atoms. The third-order valence-corrected chi connectivity index (χ3v) is 1.81. The van der Waals surface area contributed by atoms with Crippen molar-refractivity contribution in [2.45, 2.75) is 19.8 Å². The van der Waals surface area contributed by atoms with E-state index < -0.39 is 0 Å². The molecular formula is C6H12N2OS. The van der Waals surface area contributed by atoms with E-state index in [2.05, 4.69) is 0 Å². The molecule has 4 heteroatoms. The molecule has 0 saturated heterocycles. The van der Waals surface area contributed by atoms with E-state index in [-0.39, 0.29) is 5.91 Å². The van der Waals surface area contributed by atoms with Crippen molar-refractivity contribution in [3.63, 3.8) is 0 Å². The monoisotopic (exact) mass is 160 g/mol. The quantitative estimate of drug-likeness (QED) is 0.366. The Bertz CT molecular complexity index is 120. The van der Waals surface area contributed by atoms with Crippen LogP contribution in [0.2, 0.25) is 0 Å². The molecular weight excluding hydrogens is 148 g/mol. The predicted octanol–water partition coefficient (Wildman–Crippen LogP) is 0.982. The van der Waals surface area contributed by atoms with Crippen LogP contribution in [0, 0.1) is 5.41 Å². The average Bonchev–Trinajstić information content (AvgIpc) is 1.79. The zero-order chi connectivity index (χ0) is 7.98. The van der Waals surface area contributed by atoms with Gasteiger partial charge >= 0.3 is 0 Å². The van der Waals surface area contributed by atoms with E-state index in [0.29, 0.717) is 11.5 Å². The molecule has 0 aliphatic heterocycles. The summed E-state index contributed by atoms with van der Waals surface area (Å²) in [7, 11) is 0. The van der Waals surface area contributed by atoms with Crippen molar-refractivity contribution in [1.29, 1.82) is 5.41 Å². The Morgan fingerprint density at radius 3 is 2.70 bits per heavy atom. The fourth-order valence-corrected chi connectivity index (χ4v) is 1.07. The van der Waals surface area contributed by atoms with Gasteiger partial charge in [-0.25, -0.2) is 0 Å². The zero-order valence-electron chi connectivity index (χ0n) is 6.02. The summed E-state index contributed by atoms with van der Waals surface area (Å²) >= 11 is 1.45. The predicted molar refractivity (Wildman–Crippen MR) is 44.3 cm³/mol. The first kappa shape index (κ1) is 9.49. The summed E-state index contributed by atoms with van der Waals surface area (Å²) in [6, 6.07) is 0. The maximum atomic E-state index is 10.2. The van der Waals surface area contributed by atoms with Crippen molar-refractivity contribution in [2.75, 3.05) is 5.75 Å². The molecule has 3 nitrogen and oxygen atoms in total. The summed E-state index contributed by atoms with van der Waals surface area (Å²) in [4.78, 5) is 10.2. The van der Waals surface area contributed by atoms with E-state index in [0.717, 1.165) is 12.2 Å². The standard InChI is InChI=1S/C6H12N2OS/c1-5(7)10-4-2-3-6(8)9/h7H,2-4H2,1H3,(H2,8,9). The van der Waals surface area contributed by atoms with Gasteiger partial charge in [-0.3, -0.25) is 10.2 Å². The minimum Gasteiger partial charge on any atom is -0.370 e. The highest BCUT2D eigenvalue weighted by Gasteiger charge is 1.94. The number of amides is 1. The maximum absolute atomic E-state index is 10.2. The molecule has 0 aliphatic rings. The van der Waals surface area contributed by atoms with Crippen molar-refractivity contribution < 1.29 is 4.79 Å². The van der Waals surface area contributed by atoms with Gasteiger partial charge < -0.3 is 5.73 Å². The minimum absolute atomic E-state index is 0.261. The first-order valence-corrected chi connectivity index (χ1v) is 4.07. The average molecular weight is 160 g/mol. The summed E-state index contributed by atoms with van der Waals surface area (Å²) in [5, 5.41) is 7.61. The largest absolute Gasteiger partial charge is 0.370 e. The third-order valence-electron chi connectivity index (χ3n) is 0.886. The molecule has 0 atom stereocenters. The highest BCUT2D eigenvalue weighted by atomic mass is 32.2. The van der Waals surface area contributed by atoms with Gasteiger partial charge in [-0.15, -0.1) is 11.8 Å². The normalized spacial score (nSPS) is 9.30. The molecule has 3 N–H and O–H groups in total. The number of thioether (sulfide) groups is 1. The van der Waals surface area contributed by atoms with Crippen molar-refractivity contribution in [2.24, 2.45) is 5.73 Å². The van der Waals surface area contributed by atoms with Crippen LogP contribution in [0.5, 0.6) is 0 Å². The van der Waals surface area contributed by atoms with Crippen LogP contribution in [0.25, 0.3) is 0 Å². The first-order chi connectivity index (χ1) is 4.63. The van der Waals surface area contributed by atoms with Gasteiger partial charge in [0, 0.05) is 6.42 Å². The molecule has 0 aromatic rings. The van der Waals surface area contributed by atoms with Crippen molar-refractivity contribution >= 4 is 22.7 Å². The number of hydrogen-bond donors (Lipinski definition) is 2. The molecule has 0 aromatic carbocycles. The minimum atomic E-state index is -0.261. The fourth-order valence-electron chi connectivity index (χ4n) is 0.472. The Labute approximate surface area is 64.9 Å². The van der Waals surface area contributed by atoms with Gasteiger partial charge in [-0.2, -0.15) is 0 Å². The van der Waals surface area contributed by atoms with Gasteiger partial charge in [0.25, 0.3) is 0 Å². The van der Waals surface area contributed by atoms with Crippen molar-refractivity contribution in [3.05, 3.63) is 0 Å². The third kappa shape index (κ3) is 7.49. The van der Waals surface area contributed by atoms with Crippen LogP contribution in [0.1, 0.15) is 19.8 Å². The van der Waals surface area contributed by atoms with Crippen LogP contribution in [-0.4, -0.2) is 16.7 Å². The van der Waals surface area contributed by atoms with Gasteiger partial charge in [0.2, 0.25) is 5.91 Å². The second kappa shape index (κ2) is 5.29. The van der Waals surface area contributed by atoms with Crippen LogP contribution in [0.15, 0.2) is 0 Å². The van der Waals surface area contributed by atoms with E-state index in [9.17, 15) is 4.79 Å². The topological polar surface area (TPSA) is 66.9 Å². The van der Waals surface area contributed by atoms with E-state index in [1.807, 2.05) is 0 Å². The molecule has 0 aromatic heterocycles. The smallest absolute Gasteiger partial charge is 0.217 e. The Morgan fingerprint density at radius 2 is 2.30 bits per heavy atom. The van der Waals surface area contributed by atoms with E-state index in [4.69, 9.17) is 11.1 Å². The Morgan fingerprint density at radius 1 is 1.70 bits per heavy atom. The summed E-state index contributed by atoms with van der Waals surface area (Å²) in [6.45, 7) is 1.73. The number of carbonyl (C=O) groups excluding carboxylic acids is 1. The Hall–Kier alpha value is -0.510. The maximum Gasteiger partial charge on any atom is 0.217 e. The van der Waals surface area contributed by atoms with Gasteiger partial charge in [0.1, 0.15) is 0 Å². The lowest BCUT2D eigenvalue weighted by atomic mass is 10.3. The number of nitrogens with two attached hydrogens (primary N) is 1. The Kier molecular flexibility index (Phi) is 5.02. The summed E-state index contributed by atoms with van der Waals surface area (Å²) in [5.41, 5.74) is 4.91. The van der Waals surface area contributed by atoms with Crippen molar-refractivity contribution in [1.82, 2.24) is 0 Å². The van der Waals surface area contributed by atoms with Crippen molar-refractivity contribution in [3.8, 4) is 0 Å². The Balaban J connectivity index is 3.06. The van der Waals surface area contributed by atoms with Gasteiger partial charge in [0.05, 0.1) is 5.04 Å². The van der Waals surface area contributed by atoms with E-state index in [1.165, 1.54) is 11.8 Å². The van der Waals surface area contributed by atoms with Crippen LogP contribution in [0.3, 0.4) is 0 Å². The highest BCUT2D eigenvalue weighted by Crippen LogP contribution is 2.04. The van der Waals surface area contributed by atoms with E-state index >= 15 is 0 Å². The molecule has 0 bridgehead atoms. The first-order valence-electron chi connectivity index (χ1n) is 3.09. The van der Waals surface area contributed by atoms with Gasteiger partial charge in [-0.05, 0) is 19.1 Å².